The number of anilines is 1. The average molecular weight is 270 g/mol. The minimum atomic E-state index is 0.317. The van der Waals surface area contributed by atoms with Gasteiger partial charge in [-0.3, -0.25) is 4.98 Å². The quantitative estimate of drug-likeness (QED) is 0.754. The maximum absolute atomic E-state index is 5.66. The van der Waals surface area contributed by atoms with E-state index in [0.29, 0.717) is 34.5 Å². The van der Waals surface area contributed by atoms with E-state index in [1.807, 2.05) is 0 Å². The highest BCUT2D eigenvalue weighted by Crippen LogP contribution is 2.21. The second-order valence-electron chi connectivity index (χ2n) is 3.89. The largest absolute Gasteiger partial charge is 0.480 e. The molecule has 0 fully saturated rings. The SMILES string of the molecule is COc1ccc(-c2noc(-c3cncc(N)c3)n2)nn1. The van der Waals surface area contributed by atoms with Gasteiger partial charge in [-0.05, 0) is 12.1 Å². The Kier molecular flexibility index (Phi) is 2.96. The topological polar surface area (TPSA) is 113 Å². The Morgan fingerprint density at radius 1 is 1.20 bits per heavy atom. The molecule has 0 bridgehead atoms. The van der Waals surface area contributed by atoms with E-state index >= 15 is 0 Å². The Bertz CT molecular complexity index is 725. The summed E-state index contributed by atoms with van der Waals surface area (Å²) < 4.78 is 10.1. The minimum absolute atomic E-state index is 0.317. The van der Waals surface area contributed by atoms with Crippen LogP contribution in [0.15, 0.2) is 35.1 Å². The van der Waals surface area contributed by atoms with Crippen molar-refractivity contribution in [2.24, 2.45) is 0 Å². The third-order valence-electron chi connectivity index (χ3n) is 2.51. The predicted octanol–water partition coefficient (Wildman–Crippen LogP) is 1.18. The first-order chi connectivity index (χ1) is 9.76. The number of hydrogen-bond donors (Lipinski definition) is 1. The zero-order valence-corrected chi connectivity index (χ0v) is 10.5. The third kappa shape index (κ3) is 2.26. The Morgan fingerprint density at radius 3 is 2.80 bits per heavy atom. The van der Waals surface area contributed by atoms with Gasteiger partial charge in [0.15, 0.2) is 0 Å². The number of nitrogen functional groups attached to an aromatic ring is 1. The van der Waals surface area contributed by atoms with Crippen LogP contribution in [-0.2, 0) is 0 Å². The zero-order valence-electron chi connectivity index (χ0n) is 10.5. The first-order valence-corrected chi connectivity index (χ1v) is 5.69. The van der Waals surface area contributed by atoms with Crippen molar-refractivity contribution < 1.29 is 9.26 Å². The highest BCUT2D eigenvalue weighted by molar-refractivity contribution is 5.59. The summed E-state index contributed by atoms with van der Waals surface area (Å²) >= 11 is 0. The highest BCUT2D eigenvalue weighted by Gasteiger charge is 2.12. The number of pyridine rings is 1. The van der Waals surface area contributed by atoms with Gasteiger partial charge in [0.1, 0.15) is 5.69 Å². The molecule has 3 rings (SSSR count). The molecule has 0 aromatic carbocycles. The number of rotatable bonds is 3. The van der Waals surface area contributed by atoms with E-state index in [4.69, 9.17) is 15.0 Å². The fourth-order valence-corrected chi connectivity index (χ4v) is 1.57. The van der Waals surface area contributed by atoms with Crippen molar-refractivity contribution >= 4 is 5.69 Å². The standard InChI is InChI=1S/C12H10N6O2/c1-19-10-3-2-9(16-17-10)11-15-12(20-18-11)7-4-8(13)6-14-5-7/h2-6H,13H2,1H3. The van der Waals surface area contributed by atoms with E-state index < -0.39 is 0 Å². The lowest BCUT2D eigenvalue weighted by Gasteiger charge is -1.96. The average Bonchev–Trinajstić information content (AvgIpc) is 2.97. The maximum atomic E-state index is 5.66. The number of nitrogens with two attached hydrogens (primary N) is 1. The minimum Gasteiger partial charge on any atom is -0.480 e. The first kappa shape index (κ1) is 12.0. The van der Waals surface area contributed by atoms with Gasteiger partial charge in [0.25, 0.3) is 5.89 Å². The van der Waals surface area contributed by atoms with Gasteiger partial charge in [-0.15, -0.1) is 10.2 Å². The van der Waals surface area contributed by atoms with Crippen LogP contribution in [0.25, 0.3) is 23.0 Å². The monoisotopic (exact) mass is 270 g/mol. The number of methoxy groups -OCH3 is 1. The van der Waals surface area contributed by atoms with Gasteiger partial charge in [0, 0.05) is 18.5 Å². The fraction of sp³-hybridized carbons (Fsp3) is 0.0833. The second-order valence-corrected chi connectivity index (χ2v) is 3.89. The summed E-state index contributed by atoms with van der Waals surface area (Å²) in [6.07, 6.45) is 3.13. The van der Waals surface area contributed by atoms with Crippen LogP contribution in [0.3, 0.4) is 0 Å². The Hall–Kier alpha value is -3.03. The zero-order chi connectivity index (χ0) is 13.9. The summed E-state index contributed by atoms with van der Waals surface area (Å²) in [7, 11) is 1.52. The lowest BCUT2D eigenvalue weighted by molar-refractivity contribution is 0.392. The van der Waals surface area contributed by atoms with E-state index in [1.165, 1.54) is 13.3 Å². The second kappa shape index (κ2) is 4.92. The number of aromatic nitrogens is 5. The van der Waals surface area contributed by atoms with Crippen molar-refractivity contribution in [2.45, 2.75) is 0 Å². The molecule has 100 valence electrons. The molecular weight excluding hydrogens is 260 g/mol. The molecule has 0 amide bonds. The molecule has 3 heterocycles. The molecule has 0 aliphatic carbocycles. The molecule has 8 nitrogen and oxygen atoms in total. The van der Waals surface area contributed by atoms with Crippen LogP contribution in [0.2, 0.25) is 0 Å². The van der Waals surface area contributed by atoms with Gasteiger partial charge in [-0.1, -0.05) is 5.16 Å². The molecule has 20 heavy (non-hydrogen) atoms. The summed E-state index contributed by atoms with van der Waals surface area (Å²) in [6.45, 7) is 0. The molecule has 2 N–H and O–H groups in total. The van der Waals surface area contributed by atoms with Crippen molar-refractivity contribution in [1.82, 2.24) is 25.3 Å². The van der Waals surface area contributed by atoms with Gasteiger partial charge >= 0.3 is 0 Å². The Labute approximate surface area is 113 Å². The maximum Gasteiger partial charge on any atom is 0.259 e. The molecule has 0 atom stereocenters. The molecule has 0 saturated heterocycles. The van der Waals surface area contributed by atoms with E-state index in [1.54, 1.807) is 24.4 Å². The van der Waals surface area contributed by atoms with Crippen molar-refractivity contribution in [3.63, 3.8) is 0 Å². The molecular formula is C12H10N6O2. The molecule has 0 aliphatic rings. The summed E-state index contributed by atoms with van der Waals surface area (Å²) in [6, 6.07) is 5.06. The van der Waals surface area contributed by atoms with Crippen LogP contribution < -0.4 is 10.5 Å². The molecule has 3 aromatic heterocycles. The Morgan fingerprint density at radius 2 is 2.10 bits per heavy atom. The van der Waals surface area contributed by atoms with Crippen LogP contribution in [0.1, 0.15) is 0 Å². The van der Waals surface area contributed by atoms with Crippen LogP contribution in [0.4, 0.5) is 5.69 Å². The molecule has 0 unspecified atom stereocenters. The number of nitrogens with zero attached hydrogens (tertiary/aromatic N) is 5. The fourth-order valence-electron chi connectivity index (χ4n) is 1.57. The normalized spacial score (nSPS) is 10.4. The van der Waals surface area contributed by atoms with E-state index in [9.17, 15) is 0 Å². The molecule has 0 aliphatic heterocycles. The molecule has 0 spiro atoms. The van der Waals surface area contributed by atoms with Gasteiger partial charge in [0.05, 0.1) is 18.4 Å². The lowest BCUT2D eigenvalue weighted by atomic mass is 10.2. The third-order valence-corrected chi connectivity index (χ3v) is 2.51. The van der Waals surface area contributed by atoms with Crippen LogP contribution >= 0.6 is 0 Å². The molecule has 8 heteroatoms. The van der Waals surface area contributed by atoms with Crippen LogP contribution in [0.5, 0.6) is 5.88 Å². The van der Waals surface area contributed by atoms with E-state index in [0.717, 1.165) is 0 Å². The first-order valence-electron chi connectivity index (χ1n) is 5.69. The summed E-state index contributed by atoms with van der Waals surface area (Å²) in [4.78, 5) is 8.20. The molecule has 0 saturated carbocycles. The van der Waals surface area contributed by atoms with Crippen molar-refractivity contribution in [3.8, 4) is 28.9 Å². The van der Waals surface area contributed by atoms with Crippen molar-refractivity contribution in [2.75, 3.05) is 12.8 Å². The van der Waals surface area contributed by atoms with Crippen LogP contribution in [0, 0.1) is 0 Å². The van der Waals surface area contributed by atoms with Crippen molar-refractivity contribution in [1.29, 1.82) is 0 Å². The van der Waals surface area contributed by atoms with Crippen LogP contribution in [-0.4, -0.2) is 32.4 Å². The summed E-state index contributed by atoms with van der Waals surface area (Å²) in [5.41, 5.74) is 7.30. The number of hydrogen-bond acceptors (Lipinski definition) is 8. The Balaban J connectivity index is 1.93. The summed E-state index contributed by atoms with van der Waals surface area (Å²) in [5.74, 6) is 1.06. The summed E-state index contributed by atoms with van der Waals surface area (Å²) in [5, 5.41) is 11.6. The van der Waals surface area contributed by atoms with Gasteiger partial charge in [-0.25, -0.2) is 0 Å². The molecule has 0 radical (unpaired) electrons. The lowest BCUT2D eigenvalue weighted by Crippen LogP contribution is -1.93. The molecule has 3 aromatic rings. The van der Waals surface area contributed by atoms with Crippen molar-refractivity contribution in [3.05, 3.63) is 30.6 Å². The number of ether oxygens (including phenoxy) is 1. The highest BCUT2D eigenvalue weighted by atomic mass is 16.5. The smallest absolute Gasteiger partial charge is 0.259 e. The van der Waals surface area contributed by atoms with E-state index in [2.05, 4.69) is 25.3 Å². The predicted molar refractivity (Wildman–Crippen MR) is 69.5 cm³/mol. The van der Waals surface area contributed by atoms with Gasteiger partial charge in [-0.2, -0.15) is 4.98 Å². The van der Waals surface area contributed by atoms with E-state index in [-0.39, 0.29) is 0 Å². The van der Waals surface area contributed by atoms with Gasteiger partial charge < -0.3 is 15.0 Å². The van der Waals surface area contributed by atoms with Gasteiger partial charge in [0.2, 0.25) is 11.7 Å².